The number of amides is 1. The molecule has 2 saturated heterocycles. The Hall–Kier alpha value is -0.800. The smallest absolute Gasteiger partial charge is 0.254 e. The molecule has 5 heteroatoms. The summed E-state index contributed by atoms with van der Waals surface area (Å²) in [7, 11) is 0. The molecule has 1 amide bonds. The van der Waals surface area contributed by atoms with Crippen molar-refractivity contribution >= 4 is 29.1 Å². The zero-order valence-corrected chi connectivity index (χ0v) is 11.8. The molecule has 19 heavy (non-hydrogen) atoms. The molecule has 0 spiro atoms. The normalized spacial score (nSPS) is 29.6. The van der Waals surface area contributed by atoms with Gasteiger partial charge in [0.15, 0.2) is 0 Å². The second-order valence-corrected chi connectivity index (χ2v) is 6.32. The summed E-state index contributed by atoms with van der Waals surface area (Å²) in [5.41, 5.74) is 0.455. The largest absolute Gasteiger partial charge is 0.333 e. The molecule has 3 rings (SSSR count). The van der Waals surface area contributed by atoms with E-state index in [1.54, 1.807) is 0 Å². The first kappa shape index (κ1) is 13.2. The highest BCUT2D eigenvalue weighted by molar-refractivity contribution is 6.31. The zero-order chi connectivity index (χ0) is 13.6. The molecule has 0 N–H and O–H groups in total. The van der Waals surface area contributed by atoms with E-state index in [1.807, 2.05) is 4.90 Å². The van der Waals surface area contributed by atoms with Crippen molar-refractivity contribution in [1.29, 1.82) is 0 Å². The van der Waals surface area contributed by atoms with Gasteiger partial charge in [0.05, 0.1) is 5.02 Å². The van der Waals surface area contributed by atoms with Crippen molar-refractivity contribution in [2.45, 2.75) is 43.1 Å². The molecule has 2 atom stereocenters. The van der Waals surface area contributed by atoms with E-state index in [2.05, 4.69) is 0 Å². The van der Waals surface area contributed by atoms with Crippen molar-refractivity contribution in [2.24, 2.45) is 0 Å². The lowest BCUT2D eigenvalue weighted by molar-refractivity contribution is 0.0599. The first-order chi connectivity index (χ1) is 9.06. The Labute approximate surface area is 121 Å². The van der Waals surface area contributed by atoms with Crippen LogP contribution in [-0.4, -0.2) is 28.3 Å². The van der Waals surface area contributed by atoms with Crippen molar-refractivity contribution in [1.82, 2.24) is 4.90 Å². The Balaban J connectivity index is 1.86. The van der Waals surface area contributed by atoms with Crippen LogP contribution in [0.3, 0.4) is 0 Å². The van der Waals surface area contributed by atoms with E-state index in [0.29, 0.717) is 5.56 Å². The fourth-order valence-corrected chi connectivity index (χ4v) is 3.81. The van der Waals surface area contributed by atoms with Crippen LogP contribution in [0, 0.1) is 5.82 Å². The van der Waals surface area contributed by atoms with Crippen LogP contribution < -0.4 is 0 Å². The first-order valence-electron chi connectivity index (χ1n) is 6.48. The molecular weight excluding hydrogens is 288 g/mol. The van der Waals surface area contributed by atoms with Crippen LogP contribution in [-0.2, 0) is 0 Å². The molecule has 2 aliphatic heterocycles. The Morgan fingerprint density at radius 2 is 1.89 bits per heavy atom. The van der Waals surface area contributed by atoms with Gasteiger partial charge in [-0.15, -0.1) is 11.6 Å². The summed E-state index contributed by atoms with van der Waals surface area (Å²) in [6, 6.07) is 4.59. The number of alkyl halides is 1. The number of hydrogen-bond acceptors (Lipinski definition) is 1. The molecule has 1 aromatic rings. The lowest BCUT2D eigenvalue weighted by Gasteiger charge is -2.37. The third-order valence-corrected chi connectivity index (χ3v) is 4.72. The lowest BCUT2D eigenvalue weighted by Crippen LogP contribution is -2.46. The molecule has 2 bridgehead atoms. The minimum absolute atomic E-state index is 0.00886. The third-order valence-electron chi connectivity index (χ3n) is 4.08. The van der Waals surface area contributed by atoms with E-state index in [1.165, 1.54) is 18.2 Å². The van der Waals surface area contributed by atoms with Crippen LogP contribution >= 0.6 is 23.2 Å². The van der Waals surface area contributed by atoms with Gasteiger partial charge in [0.1, 0.15) is 5.82 Å². The van der Waals surface area contributed by atoms with Gasteiger partial charge in [-0.2, -0.15) is 0 Å². The number of piperidine rings is 1. The Kier molecular flexibility index (Phi) is 3.44. The maximum atomic E-state index is 13.1. The molecule has 0 aromatic heterocycles. The van der Waals surface area contributed by atoms with Crippen molar-refractivity contribution in [2.75, 3.05) is 0 Å². The Morgan fingerprint density at radius 3 is 2.47 bits per heavy atom. The minimum Gasteiger partial charge on any atom is -0.333 e. The second-order valence-electron chi connectivity index (χ2n) is 5.29. The quantitative estimate of drug-likeness (QED) is 0.722. The molecule has 1 aromatic carbocycles. The van der Waals surface area contributed by atoms with E-state index in [-0.39, 0.29) is 28.4 Å². The number of rotatable bonds is 1. The summed E-state index contributed by atoms with van der Waals surface area (Å²) < 4.78 is 13.1. The molecule has 0 saturated carbocycles. The van der Waals surface area contributed by atoms with Crippen LogP contribution in [0.5, 0.6) is 0 Å². The molecular formula is C14H14Cl2FNO. The van der Waals surface area contributed by atoms with Gasteiger partial charge in [-0.1, -0.05) is 11.6 Å². The van der Waals surface area contributed by atoms with Gasteiger partial charge in [-0.05, 0) is 43.9 Å². The average Bonchev–Trinajstić information content (AvgIpc) is 2.64. The van der Waals surface area contributed by atoms with E-state index in [9.17, 15) is 9.18 Å². The molecule has 102 valence electrons. The van der Waals surface area contributed by atoms with Gasteiger partial charge in [0.2, 0.25) is 0 Å². The van der Waals surface area contributed by atoms with Crippen LogP contribution in [0.25, 0.3) is 0 Å². The number of carbonyl (C=O) groups excluding carboxylic acids is 1. The van der Waals surface area contributed by atoms with Crippen molar-refractivity contribution in [3.63, 3.8) is 0 Å². The number of hydrogen-bond donors (Lipinski definition) is 0. The maximum Gasteiger partial charge on any atom is 0.254 e. The van der Waals surface area contributed by atoms with E-state index in [4.69, 9.17) is 23.2 Å². The van der Waals surface area contributed by atoms with Crippen LogP contribution in [0.4, 0.5) is 4.39 Å². The van der Waals surface area contributed by atoms with Gasteiger partial charge in [0.25, 0.3) is 5.91 Å². The summed E-state index contributed by atoms with van der Waals surface area (Å²) >= 11 is 11.9. The predicted molar refractivity (Wildman–Crippen MR) is 73.3 cm³/mol. The number of fused-ring (bicyclic) bond motifs is 2. The number of nitrogens with zero attached hydrogens (tertiary/aromatic N) is 1. The monoisotopic (exact) mass is 301 g/mol. The molecule has 2 heterocycles. The summed E-state index contributed by atoms with van der Waals surface area (Å²) in [4.78, 5) is 14.5. The van der Waals surface area contributed by atoms with Crippen LogP contribution in [0.1, 0.15) is 36.0 Å². The summed E-state index contributed by atoms with van der Waals surface area (Å²) in [5.74, 6) is -0.557. The molecule has 2 nitrogen and oxygen atoms in total. The molecule has 0 radical (unpaired) electrons. The average molecular weight is 302 g/mol. The molecule has 2 fully saturated rings. The summed E-state index contributed by atoms with van der Waals surface area (Å²) in [6.45, 7) is 0. The third kappa shape index (κ3) is 2.34. The molecule has 2 aliphatic rings. The fraction of sp³-hybridized carbons (Fsp3) is 0.500. The van der Waals surface area contributed by atoms with Gasteiger partial charge in [0, 0.05) is 23.0 Å². The SMILES string of the molecule is O=C(c1ccc(F)c(Cl)c1)N1C2CCC1CC(Cl)C2. The van der Waals surface area contributed by atoms with Gasteiger partial charge in [-0.25, -0.2) is 4.39 Å². The molecule has 2 unspecified atom stereocenters. The lowest BCUT2D eigenvalue weighted by atomic mass is 10.0. The fourth-order valence-electron chi connectivity index (χ4n) is 3.22. The molecule has 0 aliphatic carbocycles. The van der Waals surface area contributed by atoms with Gasteiger partial charge < -0.3 is 4.90 Å². The van der Waals surface area contributed by atoms with Crippen molar-refractivity contribution in [3.05, 3.63) is 34.6 Å². The Morgan fingerprint density at radius 1 is 1.26 bits per heavy atom. The minimum atomic E-state index is -0.499. The number of benzene rings is 1. The van der Waals surface area contributed by atoms with Crippen LogP contribution in [0.2, 0.25) is 5.02 Å². The van der Waals surface area contributed by atoms with Crippen molar-refractivity contribution in [3.8, 4) is 0 Å². The standard InChI is InChI=1S/C14H14Cl2FNO/c15-9-6-10-2-3-11(7-9)18(10)14(19)8-1-4-13(17)12(16)5-8/h1,4-5,9-11H,2-3,6-7H2. The highest BCUT2D eigenvalue weighted by Gasteiger charge is 2.42. The zero-order valence-electron chi connectivity index (χ0n) is 10.3. The van der Waals surface area contributed by atoms with Crippen LogP contribution in [0.15, 0.2) is 18.2 Å². The van der Waals surface area contributed by atoms with Gasteiger partial charge >= 0.3 is 0 Å². The van der Waals surface area contributed by atoms with E-state index < -0.39 is 5.82 Å². The van der Waals surface area contributed by atoms with Gasteiger partial charge in [-0.3, -0.25) is 4.79 Å². The summed E-state index contributed by atoms with van der Waals surface area (Å²) in [6.07, 6.45) is 3.71. The second kappa shape index (κ2) is 4.95. The topological polar surface area (TPSA) is 20.3 Å². The van der Waals surface area contributed by atoms with E-state index >= 15 is 0 Å². The number of carbonyl (C=O) groups is 1. The van der Waals surface area contributed by atoms with Crippen molar-refractivity contribution < 1.29 is 9.18 Å². The predicted octanol–water partition coefficient (Wildman–Crippen LogP) is 3.85. The Bertz CT molecular complexity index is 508. The maximum absolute atomic E-state index is 13.1. The highest BCUT2D eigenvalue weighted by Crippen LogP contribution is 2.38. The number of halogens is 3. The summed E-state index contributed by atoms with van der Waals surface area (Å²) in [5, 5.41) is 0.156. The highest BCUT2D eigenvalue weighted by atomic mass is 35.5. The first-order valence-corrected chi connectivity index (χ1v) is 7.29. The van der Waals surface area contributed by atoms with E-state index in [0.717, 1.165) is 25.7 Å².